The minimum Gasteiger partial charge on any atom is -0.364 e. The predicted molar refractivity (Wildman–Crippen MR) is 73.4 cm³/mol. The predicted octanol–water partition coefficient (Wildman–Crippen LogP) is 1.53. The molecule has 2 N–H and O–H groups in total. The van der Waals surface area contributed by atoms with Gasteiger partial charge in [0.25, 0.3) is 0 Å². The summed E-state index contributed by atoms with van der Waals surface area (Å²) in [6, 6.07) is 0. The van der Waals surface area contributed by atoms with Gasteiger partial charge < -0.3 is 10.6 Å². The van der Waals surface area contributed by atoms with Crippen molar-refractivity contribution in [3.8, 4) is 0 Å². The Morgan fingerprint density at radius 1 is 1.53 bits per heavy atom. The first kappa shape index (κ1) is 13.8. The fourth-order valence-electron chi connectivity index (χ4n) is 2.52. The molecule has 1 saturated heterocycles. The van der Waals surface area contributed by atoms with Crippen molar-refractivity contribution in [3.63, 3.8) is 0 Å². The van der Waals surface area contributed by atoms with Gasteiger partial charge in [-0.05, 0) is 45.7 Å². The van der Waals surface area contributed by atoms with Crippen molar-refractivity contribution in [1.82, 2.24) is 15.1 Å². The number of rotatable bonds is 5. The zero-order valence-corrected chi connectivity index (χ0v) is 11.5. The molecule has 106 valence electrons. The van der Waals surface area contributed by atoms with Gasteiger partial charge in [0.1, 0.15) is 5.69 Å². The van der Waals surface area contributed by atoms with E-state index in [2.05, 4.69) is 15.7 Å². The van der Waals surface area contributed by atoms with Crippen molar-refractivity contribution in [2.24, 2.45) is 5.92 Å². The molecular weight excluding hydrogens is 246 g/mol. The van der Waals surface area contributed by atoms with Crippen molar-refractivity contribution < 1.29 is 4.92 Å². The fraction of sp³-hybridized carbons (Fsp3) is 0.750. The first-order valence-electron chi connectivity index (χ1n) is 6.79. The molecule has 7 nitrogen and oxygen atoms in total. The highest BCUT2D eigenvalue weighted by atomic mass is 16.6. The molecule has 1 aromatic rings. The van der Waals surface area contributed by atoms with Crippen LogP contribution >= 0.6 is 0 Å². The van der Waals surface area contributed by atoms with Gasteiger partial charge in [-0.25, -0.2) is 4.68 Å². The molecule has 0 saturated carbocycles. The molecule has 0 radical (unpaired) electrons. The van der Waals surface area contributed by atoms with Gasteiger partial charge in [-0.2, -0.15) is 5.10 Å². The van der Waals surface area contributed by atoms with Crippen molar-refractivity contribution >= 4 is 11.5 Å². The summed E-state index contributed by atoms with van der Waals surface area (Å²) in [6.07, 6.45) is 2.22. The van der Waals surface area contributed by atoms with Crippen molar-refractivity contribution in [2.75, 3.05) is 25.0 Å². The fourth-order valence-corrected chi connectivity index (χ4v) is 2.52. The van der Waals surface area contributed by atoms with Gasteiger partial charge >= 0.3 is 5.69 Å². The van der Waals surface area contributed by atoms with Gasteiger partial charge in [0, 0.05) is 13.1 Å². The van der Waals surface area contributed by atoms with Gasteiger partial charge in [0.2, 0.25) is 5.82 Å². The van der Waals surface area contributed by atoms with E-state index in [9.17, 15) is 10.1 Å². The Labute approximate surface area is 112 Å². The largest absolute Gasteiger partial charge is 0.364 e. The van der Waals surface area contributed by atoms with Crippen LogP contribution in [0.2, 0.25) is 0 Å². The zero-order valence-electron chi connectivity index (χ0n) is 11.5. The molecule has 0 aromatic carbocycles. The molecule has 0 aliphatic carbocycles. The van der Waals surface area contributed by atoms with Crippen molar-refractivity contribution in [1.29, 1.82) is 0 Å². The molecule has 7 heteroatoms. The van der Waals surface area contributed by atoms with E-state index >= 15 is 0 Å². The second-order valence-corrected chi connectivity index (χ2v) is 4.93. The number of aromatic nitrogens is 2. The van der Waals surface area contributed by atoms with Gasteiger partial charge in [0.15, 0.2) is 0 Å². The summed E-state index contributed by atoms with van der Waals surface area (Å²) >= 11 is 0. The minimum atomic E-state index is -0.348. The number of nitrogens with zero attached hydrogens (tertiary/aromatic N) is 3. The lowest BCUT2D eigenvalue weighted by atomic mass is 9.98. The Kier molecular flexibility index (Phi) is 4.36. The number of nitrogens with one attached hydrogen (secondary N) is 2. The number of nitro groups is 1. The molecule has 1 aliphatic heterocycles. The molecule has 0 unspecified atom stereocenters. The lowest BCUT2D eigenvalue weighted by Gasteiger charge is -2.23. The summed E-state index contributed by atoms with van der Waals surface area (Å²) in [5.74, 6) is 1.12. The van der Waals surface area contributed by atoms with Crippen molar-refractivity contribution in [2.45, 2.75) is 33.2 Å². The highest BCUT2D eigenvalue weighted by molar-refractivity contribution is 5.59. The first-order valence-corrected chi connectivity index (χ1v) is 6.79. The van der Waals surface area contributed by atoms with Crippen LogP contribution in [0, 0.1) is 23.0 Å². The van der Waals surface area contributed by atoms with Crippen LogP contribution < -0.4 is 10.6 Å². The van der Waals surface area contributed by atoms with Crippen LogP contribution in [0.25, 0.3) is 0 Å². The van der Waals surface area contributed by atoms with Gasteiger partial charge in [0.05, 0.1) is 4.92 Å². The zero-order chi connectivity index (χ0) is 13.8. The van der Waals surface area contributed by atoms with E-state index in [1.54, 1.807) is 11.6 Å². The summed E-state index contributed by atoms with van der Waals surface area (Å²) < 4.78 is 1.68. The number of aryl methyl sites for hydroxylation is 2. The van der Waals surface area contributed by atoms with Crippen molar-refractivity contribution in [3.05, 3.63) is 15.8 Å². The molecule has 0 amide bonds. The Morgan fingerprint density at radius 3 is 2.79 bits per heavy atom. The topological polar surface area (TPSA) is 85.0 Å². The Morgan fingerprint density at radius 2 is 2.21 bits per heavy atom. The molecule has 2 heterocycles. The monoisotopic (exact) mass is 267 g/mol. The Balaban J connectivity index is 2.11. The van der Waals surface area contributed by atoms with Crippen LogP contribution in [0.1, 0.15) is 25.5 Å². The van der Waals surface area contributed by atoms with E-state index in [1.807, 2.05) is 6.92 Å². The molecule has 19 heavy (non-hydrogen) atoms. The third kappa shape index (κ3) is 3.04. The number of piperidine rings is 1. The minimum absolute atomic E-state index is 0.107. The highest BCUT2D eigenvalue weighted by Gasteiger charge is 2.25. The molecule has 1 fully saturated rings. The third-order valence-electron chi connectivity index (χ3n) is 3.59. The average molecular weight is 267 g/mol. The third-order valence-corrected chi connectivity index (χ3v) is 3.59. The number of hydrogen-bond acceptors (Lipinski definition) is 5. The van der Waals surface area contributed by atoms with E-state index in [-0.39, 0.29) is 10.6 Å². The number of hydrogen-bond donors (Lipinski definition) is 2. The molecule has 1 aliphatic rings. The van der Waals surface area contributed by atoms with Crippen LogP contribution in [-0.2, 0) is 6.54 Å². The van der Waals surface area contributed by atoms with Gasteiger partial charge in [-0.3, -0.25) is 10.1 Å². The van der Waals surface area contributed by atoms with Crippen LogP contribution in [0.3, 0.4) is 0 Å². The summed E-state index contributed by atoms with van der Waals surface area (Å²) in [5.41, 5.74) is 0.579. The average Bonchev–Trinajstić information content (AvgIpc) is 2.73. The second-order valence-electron chi connectivity index (χ2n) is 4.93. The number of anilines is 1. The Bertz CT molecular complexity index is 451. The van der Waals surface area contributed by atoms with Gasteiger partial charge in [-0.1, -0.05) is 0 Å². The molecule has 0 atom stereocenters. The normalized spacial score (nSPS) is 16.5. The van der Waals surface area contributed by atoms with E-state index in [0.717, 1.165) is 32.5 Å². The highest BCUT2D eigenvalue weighted by Crippen LogP contribution is 2.28. The molecule has 1 aromatic heterocycles. The van der Waals surface area contributed by atoms with E-state index in [0.29, 0.717) is 24.0 Å². The summed E-state index contributed by atoms with van der Waals surface area (Å²) in [5, 5.41) is 21.9. The van der Waals surface area contributed by atoms with E-state index in [4.69, 9.17) is 0 Å². The van der Waals surface area contributed by atoms with Gasteiger partial charge in [-0.15, -0.1) is 0 Å². The molecule has 0 bridgehead atoms. The molecule has 2 rings (SSSR count). The molecular formula is C12H21N5O2. The lowest BCUT2D eigenvalue weighted by Crippen LogP contribution is -2.31. The summed E-state index contributed by atoms with van der Waals surface area (Å²) in [7, 11) is 0. The summed E-state index contributed by atoms with van der Waals surface area (Å²) in [6.45, 7) is 7.07. The van der Waals surface area contributed by atoms with E-state index in [1.165, 1.54) is 0 Å². The van der Waals surface area contributed by atoms with Crippen LogP contribution in [-0.4, -0.2) is 34.3 Å². The Hall–Kier alpha value is -1.63. The second kappa shape index (κ2) is 6.01. The maximum atomic E-state index is 11.1. The first-order chi connectivity index (χ1) is 9.13. The quantitative estimate of drug-likeness (QED) is 0.624. The maximum Gasteiger partial charge on any atom is 0.333 e. The van der Waals surface area contributed by atoms with E-state index < -0.39 is 0 Å². The van der Waals surface area contributed by atoms with Crippen LogP contribution in [0.5, 0.6) is 0 Å². The summed E-state index contributed by atoms with van der Waals surface area (Å²) in [4.78, 5) is 10.8. The standard InChI is InChI=1S/C12H21N5O2/c1-3-16-12(11(17(18)19)9(2)15-16)14-8-10-4-6-13-7-5-10/h10,13-14H,3-8H2,1-2H3. The smallest absolute Gasteiger partial charge is 0.333 e. The van der Waals surface area contributed by atoms with Crippen LogP contribution in [0.4, 0.5) is 11.5 Å². The maximum absolute atomic E-state index is 11.1. The van der Waals surface area contributed by atoms with Crippen LogP contribution in [0.15, 0.2) is 0 Å². The lowest BCUT2D eigenvalue weighted by molar-refractivity contribution is -0.384. The SMILES string of the molecule is CCn1nc(C)c([N+](=O)[O-])c1NCC1CCNCC1. The molecule has 0 spiro atoms.